The molecule has 2 aliphatic rings. The molecule has 1 aliphatic heterocycles. The Labute approximate surface area is 216 Å². The number of rotatable bonds is 5. The predicted molar refractivity (Wildman–Crippen MR) is 143 cm³/mol. The van der Waals surface area contributed by atoms with E-state index < -0.39 is 5.60 Å². The molecule has 7 heteroatoms. The van der Waals surface area contributed by atoms with Crippen LogP contribution in [0.3, 0.4) is 0 Å². The molecule has 3 heterocycles. The van der Waals surface area contributed by atoms with Crippen molar-refractivity contribution >= 4 is 17.2 Å². The molecule has 0 spiro atoms. The Morgan fingerprint density at radius 1 is 1.14 bits per heavy atom. The lowest BCUT2D eigenvalue weighted by atomic mass is 9.87. The molecule has 0 bridgehead atoms. The number of nitrogen functional groups attached to an aromatic ring is 1. The lowest BCUT2D eigenvalue weighted by Crippen LogP contribution is -2.32. The van der Waals surface area contributed by atoms with Gasteiger partial charge in [0.15, 0.2) is 0 Å². The van der Waals surface area contributed by atoms with E-state index in [1.807, 2.05) is 70.1 Å². The highest BCUT2D eigenvalue weighted by molar-refractivity contribution is 5.88. The molecule has 2 aromatic carbocycles. The largest absolute Gasteiger partial charge is 0.382 e. The van der Waals surface area contributed by atoms with Crippen LogP contribution in [-0.2, 0) is 10.4 Å². The monoisotopic (exact) mass is 493 g/mol. The smallest absolute Gasteiger partial charge is 0.246 e. The molecule has 7 nitrogen and oxygen atoms in total. The van der Waals surface area contributed by atoms with Gasteiger partial charge >= 0.3 is 0 Å². The van der Waals surface area contributed by atoms with E-state index in [9.17, 15) is 9.90 Å². The zero-order valence-electron chi connectivity index (χ0n) is 20.9. The number of imidazole rings is 1. The maximum absolute atomic E-state index is 12.9. The fourth-order valence-electron chi connectivity index (χ4n) is 6.36. The molecule has 4 atom stereocenters. The van der Waals surface area contributed by atoms with Gasteiger partial charge in [0.1, 0.15) is 28.5 Å². The summed E-state index contributed by atoms with van der Waals surface area (Å²) in [4.78, 5) is 24.3. The van der Waals surface area contributed by atoms with E-state index in [4.69, 9.17) is 10.7 Å². The van der Waals surface area contributed by atoms with E-state index in [1.165, 1.54) is 12.5 Å². The average molecular weight is 494 g/mol. The van der Waals surface area contributed by atoms with Crippen LogP contribution >= 0.6 is 0 Å². The van der Waals surface area contributed by atoms with Gasteiger partial charge in [0, 0.05) is 24.5 Å². The number of amides is 1. The molecule has 3 N–H and O–H groups in total. The molecule has 1 saturated heterocycles. The van der Waals surface area contributed by atoms with E-state index in [2.05, 4.69) is 11.6 Å². The van der Waals surface area contributed by atoms with Crippen molar-refractivity contribution in [3.05, 3.63) is 96.6 Å². The Hall–Kier alpha value is -3.97. The molecule has 2 fully saturated rings. The first-order chi connectivity index (χ1) is 17.9. The van der Waals surface area contributed by atoms with Crippen LogP contribution in [0.2, 0.25) is 0 Å². The van der Waals surface area contributed by atoms with E-state index in [1.54, 1.807) is 13.1 Å². The number of aromatic nitrogens is 3. The number of anilines is 1. The minimum atomic E-state index is -1.13. The summed E-state index contributed by atoms with van der Waals surface area (Å²) in [5, 5.41) is 11.3. The van der Waals surface area contributed by atoms with Crippen LogP contribution in [0.5, 0.6) is 0 Å². The molecule has 2 aromatic heterocycles. The maximum atomic E-state index is 12.9. The highest BCUT2D eigenvalue weighted by Crippen LogP contribution is 2.50. The second-order valence-electron chi connectivity index (χ2n) is 10.4. The van der Waals surface area contributed by atoms with Crippen molar-refractivity contribution in [3.63, 3.8) is 0 Å². The van der Waals surface area contributed by atoms with Crippen LogP contribution in [0.15, 0.2) is 79.6 Å². The summed E-state index contributed by atoms with van der Waals surface area (Å²) in [7, 11) is 0. The third-order valence-electron chi connectivity index (χ3n) is 8.28. The fourth-order valence-corrected chi connectivity index (χ4v) is 6.36. The highest BCUT2D eigenvalue weighted by atomic mass is 16.3. The molecule has 1 saturated carbocycles. The van der Waals surface area contributed by atoms with Crippen molar-refractivity contribution in [1.82, 2.24) is 19.3 Å². The van der Waals surface area contributed by atoms with Gasteiger partial charge in [0.05, 0.1) is 6.04 Å². The van der Waals surface area contributed by atoms with Crippen molar-refractivity contribution in [3.8, 4) is 11.3 Å². The lowest BCUT2D eigenvalue weighted by Gasteiger charge is -2.26. The lowest BCUT2D eigenvalue weighted by molar-refractivity contribution is -0.127. The van der Waals surface area contributed by atoms with Crippen LogP contribution in [0.1, 0.15) is 49.2 Å². The Morgan fingerprint density at radius 2 is 1.86 bits per heavy atom. The van der Waals surface area contributed by atoms with Crippen molar-refractivity contribution in [2.24, 2.45) is 11.8 Å². The Bertz CT molecular complexity index is 1480. The number of carbonyl (C=O) groups excluding carboxylic acids is 1. The van der Waals surface area contributed by atoms with Gasteiger partial charge in [0.2, 0.25) is 5.91 Å². The number of fused-ring (bicyclic) bond motifs is 2. The number of hydrogen-bond acceptors (Lipinski definition) is 5. The number of nitrogens with zero attached hydrogens (tertiary/aromatic N) is 4. The van der Waals surface area contributed by atoms with E-state index in [0.717, 1.165) is 53.1 Å². The second kappa shape index (κ2) is 8.85. The first-order valence-corrected chi connectivity index (χ1v) is 12.8. The summed E-state index contributed by atoms with van der Waals surface area (Å²) >= 11 is 0. The SMILES string of the molecule is C=CC(=O)N1CC2CCCC2[C@H]1c1nc(-c2ccc(C(C)(O)c3ccccc3)cc2)c2c(N)nccn12. The molecule has 1 amide bonds. The van der Waals surface area contributed by atoms with Crippen LogP contribution in [0.25, 0.3) is 16.8 Å². The normalized spacial score (nSPS) is 22.6. The molecule has 4 aromatic rings. The van der Waals surface area contributed by atoms with Gasteiger partial charge in [-0.3, -0.25) is 9.20 Å². The van der Waals surface area contributed by atoms with Gasteiger partial charge in [-0.1, -0.05) is 67.6 Å². The van der Waals surface area contributed by atoms with Crippen LogP contribution in [0, 0.1) is 11.8 Å². The molecule has 6 rings (SSSR count). The topological polar surface area (TPSA) is 96.8 Å². The molecular weight excluding hydrogens is 462 g/mol. The number of aliphatic hydroxyl groups is 1. The van der Waals surface area contributed by atoms with Gasteiger partial charge in [-0.25, -0.2) is 9.97 Å². The zero-order valence-corrected chi connectivity index (χ0v) is 20.9. The summed E-state index contributed by atoms with van der Waals surface area (Å²) in [6.07, 6.45) is 8.33. The minimum absolute atomic E-state index is 0.0628. The van der Waals surface area contributed by atoms with Crippen molar-refractivity contribution < 1.29 is 9.90 Å². The third-order valence-corrected chi connectivity index (χ3v) is 8.28. The van der Waals surface area contributed by atoms with Gasteiger partial charge in [-0.2, -0.15) is 0 Å². The molecule has 3 unspecified atom stereocenters. The summed E-state index contributed by atoms with van der Waals surface area (Å²) in [6.45, 7) is 6.27. The van der Waals surface area contributed by atoms with Crippen molar-refractivity contribution in [2.75, 3.05) is 12.3 Å². The summed E-state index contributed by atoms with van der Waals surface area (Å²) in [5.74, 6) is 1.97. The fraction of sp³-hybridized carbons (Fsp3) is 0.300. The van der Waals surface area contributed by atoms with Gasteiger partial charge in [-0.15, -0.1) is 0 Å². The average Bonchev–Trinajstić information content (AvgIpc) is 3.62. The van der Waals surface area contributed by atoms with E-state index in [0.29, 0.717) is 17.7 Å². The summed E-state index contributed by atoms with van der Waals surface area (Å²) < 4.78 is 2.00. The number of hydrogen-bond donors (Lipinski definition) is 2. The summed E-state index contributed by atoms with van der Waals surface area (Å²) in [5.41, 5.74) is 9.20. The number of nitrogens with two attached hydrogens (primary N) is 1. The quantitative estimate of drug-likeness (QED) is 0.392. The second-order valence-corrected chi connectivity index (χ2v) is 10.4. The highest BCUT2D eigenvalue weighted by Gasteiger charge is 2.48. The first-order valence-electron chi connectivity index (χ1n) is 12.8. The van der Waals surface area contributed by atoms with Crippen molar-refractivity contribution in [1.29, 1.82) is 0 Å². The van der Waals surface area contributed by atoms with Crippen molar-refractivity contribution in [2.45, 2.75) is 37.8 Å². The van der Waals surface area contributed by atoms with Crippen LogP contribution < -0.4 is 5.73 Å². The molecular formula is C30H31N5O2. The summed E-state index contributed by atoms with van der Waals surface area (Å²) in [6, 6.07) is 17.3. The van der Waals surface area contributed by atoms with E-state index >= 15 is 0 Å². The van der Waals surface area contributed by atoms with Gasteiger partial charge in [0.25, 0.3) is 0 Å². The predicted octanol–water partition coefficient (Wildman–Crippen LogP) is 4.72. The van der Waals surface area contributed by atoms with Gasteiger partial charge < -0.3 is 15.7 Å². The zero-order chi connectivity index (χ0) is 25.7. The maximum Gasteiger partial charge on any atom is 0.246 e. The Kier molecular flexibility index (Phi) is 5.60. The number of likely N-dealkylation sites (tertiary alicyclic amines) is 1. The number of carbonyl (C=O) groups is 1. The Morgan fingerprint density at radius 3 is 2.59 bits per heavy atom. The van der Waals surface area contributed by atoms with Crippen LogP contribution in [0.4, 0.5) is 5.82 Å². The molecule has 188 valence electrons. The minimum Gasteiger partial charge on any atom is -0.382 e. The van der Waals surface area contributed by atoms with Gasteiger partial charge in [-0.05, 0) is 48.8 Å². The molecule has 1 aliphatic carbocycles. The standard InChI is InChI=1S/C30H31N5O2/c1-3-24(36)35-18-20-8-7-11-23(20)26(35)29-33-25(27-28(31)32-16-17-34(27)29)19-12-14-22(15-13-19)30(2,37)21-9-5-4-6-10-21/h3-6,9-10,12-17,20,23,26,37H,1,7-8,11,18H2,2H3,(H2,31,32)/t20?,23?,26-,30?/m0/s1. The molecule has 37 heavy (non-hydrogen) atoms. The van der Waals surface area contributed by atoms with Crippen LogP contribution in [-0.4, -0.2) is 36.8 Å². The Balaban J connectivity index is 1.45. The van der Waals surface area contributed by atoms with E-state index in [-0.39, 0.29) is 11.9 Å². The third kappa shape index (κ3) is 3.73. The molecule has 0 radical (unpaired) electrons. The first kappa shape index (κ1) is 23.4. The number of benzene rings is 2.